The molecule has 0 spiro atoms. The molecule has 0 aromatic carbocycles. The first kappa shape index (κ1) is 8.52. The number of nitrogens with zero attached hydrogens (tertiary/aromatic N) is 1. The number of rotatable bonds is 3. The molecule has 1 aliphatic carbocycles. The van der Waals surface area contributed by atoms with Crippen LogP contribution in [-0.4, -0.2) is 35.2 Å². The molecule has 1 aliphatic heterocycles. The smallest absolute Gasteiger partial charge is 0.0615 e. The van der Waals surface area contributed by atoms with E-state index < -0.39 is 0 Å². The van der Waals surface area contributed by atoms with E-state index >= 15 is 0 Å². The third kappa shape index (κ3) is 1.17. The summed E-state index contributed by atoms with van der Waals surface area (Å²) in [6.07, 6.45) is 2.43. The lowest BCUT2D eigenvalue weighted by Gasteiger charge is -2.46. The zero-order chi connectivity index (χ0) is 8.77. The fraction of sp³-hybridized carbons (Fsp3) is 1.00. The summed E-state index contributed by atoms with van der Waals surface area (Å²) in [6, 6.07) is 0. The van der Waals surface area contributed by atoms with Gasteiger partial charge in [0, 0.05) is 18.6 Å². The van der Waals surface area contributed by atoms with Crippen molar-refractivity contribution in [1.29, 1.82) is 0 Å². The second-order valence-electron chi connectivity index (χ2n) is 4.79. The molecule has 1 saturated heterocycles. The second kappa shape index (κ2) is 2.71. The molecule has 1 heterocycles. The molecule has 2 rings (SSSR count). The molecule has 1 saturated carbocycles. The average Bonchev–Trinajstić information content (AvgIpc) is 2.65. The highest BCUT2D eigenvalue weighted by Crippen LogP contribution is 2.45. The Labute approximate surface area is 74.6 Å². The van der Waals surface area contributed by atoms with Gasteiger partial charge >= 0.3 is 0 Å². The van der Waals surface area contributed by atoms with Gasteiger partial charge in [0.05, 0.1) is 6.61 Å². The maximum atomic E-state index is 9.18. The molecule has 2 aliphatic rings. The van der Waals surface area contributed by atoms with Gasteiger partial charge < -0.3 is 5.11 Å². The van der Waals surface area contributed by atoms with Gasteiger partial charge in [-0.1, -0.05) is 13.8 Å². The van der Waals surface area contributed by atoms with Crippen molar-refractivity contribution in [2.24, 2.45) is 11.8 Å². The number of aliphatic hydroxyl groups excluding tert-OH is 1. The average molecular weight is 169 g/mol. The molecule has 2 fully saturated rings. The van der Waals surface area contributed by atoms with Gasteiger partial charge in [-0.25, -0.2) is 0 Å². The summed E-state index contributed by atoms with van der Waals surface area (Å²) in [6.45, 7) is 7.40. The van der Waals surface area contributed by atoms with Crippen LogP contribution in [0.3, 0.4) is 0 Å². The monoisotopic (exact) mass is 169 g/mol. The SMILES string of the molecule is CC(C)C1CN(C2(CO)CC2)C1. The normalized spacial score (nSPS) is 29.0. The van der Waals surface area contributed by atoms with Crippen molar-refractivity contribution in [2.75, 3.05) is 19.7 Å². The molecule has 0 bridgehead atoms. The summed E-state index contributed by atoms with van der Waals surface area (Å²) in [7, 11) is 0. The molecule has 0 aromatic rings. The Balaban J connectivity index is 1.81. The Hall–Kier alpha value is -0.0800. The van der Waals surface area contributed by atoms with Crippen LogP contribution in [0.1, 0.15) is 26.7 Å². The van der Waals surface area contributed by atoms with Gasteiger partial charge in [-0.05, 0) is 24.7 Å². The van der Waals surface area contributed by atoms with Crippen molar-refractivity contribution >= 4 is 0 Å². The minimum absolute atomic E-state index is 0.241. The standard InChI is InChI=1S/C10H19NO/c1-8(2)9-5-11(6-9)10(7-12)3-4-10/h8-9,12H,3-7H2,1-2H3. The van der Waals surface area contributed by atoms with E-state index in [9.17, 15) is 5.11 Å². The molecule has 0 unspecified atom stereocenters. The van der Waals surface area contributed by atoms with Crippen LogP contribution in [-0.2, 0) is 0 Å². The van der Waals surface area contributed by atoms with Gasteiger partial charge in [-0.15, -0.1) is 0 Å². The molecule has 0 amide bonds. The van der Waals surface area contributed by atoms with E-state index in [4.69, 9.17) is 0 Å². The van der Waals surface area contributed by atoms with E-state index in [0.29, 0.717) is 6.61 Å². The maximum absolute atomic E-state index is 9.18. The van der Waals surface area contributed by atoms with Crippen LogP contribution in [0.2, 0.25) is 0 Å². The summed E-state index contributed by atoms with van der Waals surface area (Å²) < 4.78 is 0. The largest absolute Gasteiger partial charge is 0.394 e. The first-order valence-electron chi connectivity index (χ1n) is 5.04. The Morgan fingerprint density at radius 1 is 1.42 bits per heavy atom. The Bertz CT molecular complexity index is 169. The van der Waals surface area contributed by atoms with Crippen molar-refractivity contribution in [2.45, 2.75) is 32.2 Å². The highest BCUT2D eigenvalue weighted by Gasteiger charge is 2.51. The fourth-order valence-corrected chi connectivity index (χ4v) is 2.04. The highest BCUT2D eigenvalue weighted by atomic mass is 16.3. The van der Waals surface area contributed by atoms with E-state index in [1.54, 1.807) is 0 Å². The quantitative estimate of drug-likeness (QED) is 0.684. The molecule has 70 valence electrons. The molecule has 2 nitrogen and oxygen atoms in total. The van der Waals surface area contributed by atoms with E-state index in [2.05, 4.69) is 18.7 Å². The van der Waals surface area contributed by atoms with Crippen LogP contribution in [0, 0.1) is 11.8 Å². The van der Waals surface area contributed by atoms with Crippen molar-refractivity contribution in [1.82, 2.24) is 4.90 Å². The van der Waals surface area contributed by atoms with E-state index in [1.165, 1.54) is 25.9 Å². The van der Waals surface area contributed by atoms with Gasteiger partial charge in [-0.2, -0.15) is 0 Å². The summed E-state index contributed by atoms with van der Waals surface area (Å²) in [5.41, 5.74) is 0.241. The number of aliphatic hydroxyl groups is 1. The number of hydrogen-bond donors (Lipinski definition) is 1. The molecule has 12 heavy (non-hydrogen) atoms. The first-order chi connectivity index (χ1) is 5.68. The minimum Gasteiger partial charge on any atom is -0.394 e. The minimum atomic E-state index is 0.241. The third-order valence-corrected chi connectivity index (χ3v) is 3.64. The van der Waals surface area contributed by atoms with E-state index in [-0.39, 0.29) is 5.54 Å². The van der Waals surface area contributed by atoms with E-state index in [1.807, 2.05) is 0 Å². The zero-order valence-electron chi connectivity index (χ0n) is 8.08. The Kier molecular flexibility index (Phi) is 1.92. The lowest BCUT2D eigenvalue weighted by molar-refractivity contribution is -0.00833. The summed E-state index contributed by atoms with van der Waals surface area (Å²) in [5.74, 6) is 1.70. The third-order valence-electron chi connectivity index (χ3n) is 3.64. The second-order valence-corrected chi connectivity index (χ2v) is 4.79. The Morgan fingerprint density at radius 3 is 2.33 bits per heavy atom. The predicted molar refractivity (Wildman–Crippen MR) is 49.0 cm³/mol. The Morgan fingerprint density at radius 2 is 2.00 bits per heavy atom. The number of likely N-dealkylation sites (tertiary alicyclic amines) is 1. The summed E-state index contributed by atoms with van der Waals surface area (Å²) >= 11 is 0. The van der Waals surface area contributed by atoms with Gasteiger partial charge in [-0.3, -0.25) is 4.90 Å². The van der Waals surface area contributed by atoms with Crippen LogP contribution in [0.15, 0.2) is 0 Å². The van der Waals surface area contributed by atoms with Crippen molar-refractivity contribution in [3.8, 4) is 0 Å². The summed E-state index contributed by atoms with van der Waals surface area (Å²) in [4.78, 5) is 2.47. The molecule has 1 N–H and O–H groups in total. The van der Waals surface area contributed by atoms with Crippen LogP contribution < -0.4 is 0 Å². The maximum Gasteiger partial charge on any atom is 0.0615 e. The van der Waals surface area contributed by atoms with Crippen LogP contribution >= 0.6 is 0 Å². The lowest BCUT2D eigenvalue weighted by Crippen LogP contribution is -2.56. The van der Waals surface area contributed by atoms with Crippen molar-refractivity contribution in [3.63, 3.8) is 0 Å². The molecule has 0 radical (unpaired) electrons. The summed E-state index contributed by atoms with van der Waals surface area (Å²) in [5, 5.41) is 9.18. The lowest BCUT2D eigenvalue weighted by atomic mass is 9.87. The predicted octanol–water partition coefficient (Wildman–Crippen LogP) is 1.10. The molecule has 0 atom stereocenters. The molecular weight excluding hydrogens is 150 g/mol. The van der Waals surface area contributed by atoms with Gasteiger partial charge in [0.1, 0.15) is 0 Å². The zero-order valence-corrected chi connectivity index (χ0v) is 8.08. The topological polar surface area (TPSA) is 23.5 Å². The molecule has 2 heteroatoms. The molecular formula is C10H19NO. The number of hydrogen-bond acceptors (Lipinski definition) is 2. The van der Waals surface area contributed by atoms with Crippen molar-refractivity contribution < 1.29 is 5.11 Å². The van der Waals surface area contributed by atoms with Crippen LogP contribution in [0.5, 0.6) is 0 Å². The highest BCUT2D eigenvalue weighted by molar-refractivity contribution is 5.07. The van der Waals surface area contributed by atoms with Crippen LogP contribution in [0.4, 0.5) is 0 Å². The van der Waals surface area contributed by atoms with Gasteiger partial charge in [0.25, 0.3) is 0 Å². The van der Waals surface area contributed by atoms with Crippen molar-refractivity contribution in [3.05, 3.63) is 0 Å². The van der Waals surface area contributed by atoms with E-state index in [0.717, 1.165) is 11.8 Å². The fourth-order valence-electron chi connectivity index (χ4n) is 2.04. The van der Waals surface area contributed by atoms with Crippen LogP contribution in [0.25, 0.3) is 0 Å². The molecule has 0 aromatic heterocycles. The first-order valence-corrected chi connectivity index (χ1v) is 5.04. The van der Waals surface area contributed by atoms with Gasteiger partial charge in [0.15, 0.2) is 0 Å². The van der Waals surface area contributed by atoms with Gasteiger partial charge in [0.2, 0.25) is 0 Å².